The molecular weight excluding hydrogens is 328 g/mol. The number of fused-ring (bicyclic) bond motifs is 1. The number of thiophene rings is 1. The molecule has 1 aromatic heterocycles. The number of hydrazone groups is 1. The molecule has 3 nitrogen and oxygen atoms in total. The highest BCUT2D eigenvalue weighted by Gasteiger charge is 2.21. The Morgan fingerprint density at radius 2 is 2.30 bits per heavy atom. The van der Waals surface area contributed by atoms with Crippen LogP contribution in [-0.4, -0.2) is 12.1 Å². The number of carbonyl (C=O) groups excluding carboxylic acids is 1. The van der Waals surface area contributed by atoms with E-state index in [1.54, 1.807) is 23.6 Å². The Balaban J connectivity index is 1.65. The molecular formula is C18H19ClN2OS. The summed E-state index contributed by atoms with van der Waals surface area (Å²) in [5.74, 6) is 0.604. The number of hydrogen-bond acceptors (Lipinski definition) is 3. The fraction of sp³-hybridized carbons (Fsp3) is 0.333. The number of carbonyl (C=O) groups is 1. The van der Waals surface area contributed by atoms with Crippen molar-refractivity contribution in [3.63, 3.8) is 0 Å². The Labute approximate surface area is 145 Å². The van der Waals surface area contributed by atoms with Crippen LogP contribution in [0.4, 0.5) is 0 Å². The highest BCUT2D eigenvalue weighted by Crippen LogP contribution is 2.33. The van der Waals surface area contributed by atoms with Gasteiger partial charge in [-0.2, -0.15) is 5.10 Å². The number of halogens is 1. The van der Waals surface area contributed by atoms with Crippen molar-refractivity contribution in [1.82, 2.24) is 5.43 Å². The van der Waals surface area contributed by atoms with E-state index in [1.165, 1.54) is 23.3 Å². The van der Waals surface area contributed by atoms with Crippen LogP contribution in [0.1, 0.15) is 45.4 Å². The van der Waals surface area contributed by atoms with Crippen LogP contribution in [0.25, 0.3) is 0 Å². The van der Waals surface area contributed by atoms with Crippen LogP contribution >= 0.6 is 22.9 Å². The quantitative estimate of drug-likeness (QED) is 0.633. The first-order chi connectivity index (χ1) is 11.2. The lowest BCUT2D eigenvalue weighted by atomic mass is 9.87. The van der Waals surface area contributed by atoms with Gasteiger partial charge in [-0.1, -0.05) is 43.1 Å². The molecule has 0 saturated carbocycles. The third-order valence-corrected chi connectivity index (χ3v) is 5.84. The van der Waals surface area contributed by atoms with Crippen molar-refractivity contribution in [1.29, 1.82) is 0 Å². The van der Waals surface area contributed by atoms with E-state index in [2.05, 4.69) is 17.5 Å². The molecule has 2 aromatic rings. The first-order valence-electron chi connectivity index (χ1n) is 7.87. The minimum absolute atomic E-state index is 0.152. The van der Waals surface area contributed by atoms with Gasteiger partial charge in [0.2, 0.25) is 0 Å². The maximum Gasteiger partial charge on any atom is 0.281 e. The molecule has 0 unspecified atom stereocenters. The van der Waals surface area contributed by atoms with Gasteiger partial charge >= 0.3 is 0 Å². The van der Waals surface area contributed by atoms with Crippen molar-refractivity contribution >= 4 is 35.1 Å². The molecule has 1 aliphatic carbocycles. The Morgan fingerprint density at radius 1 is 1.48 bits per heavy atom. The lowest BCUT2D eigenvalue weighted by Gasteiger charge is -2.19. The summed E-state index contributed by atoms with van der Waals surface area (Å²) in [6.07, 6.45) is 6.20. The maximum atomic E-state index is 12.2. The normalized spacial score (nSPS) is 17.2. The number of aryl methyl sites for hydroxylation is 1. The van der Waals surface area contributed by atoms with Crippen molar-refractivity contribution in [3.05, 3.63) is 56.2 Å². The molecule has 0 bridgehead atoms. The number of nitrogens with zero attached hydrogens (tertiary/aromatic N) is 1. The number of amides is 1. The number of nitrogens with one attached hydrogen (secondary N) is 1. The Kier molecular flexibility index (Phi) is 5.13. The zero-order valence-corrected chi connectivity index (χ0v) is 14.6. The fourth-order valence-electron chi connectivity index (χ4n) is 2.85. The molecule has 120 valence electrons. The second kappa shape index (κ2) is 7.28. The van der Waals surface area contributed by atoms with Crippen molar-refractivity contribution < 1.29 is 4.79 Å². The van der Waals surface area contributed by atoms with E-state index >= 15 is 0 Å². The van der Waals surface area contributed by atoms with Crippen LogP contribution in [-0.2, 0) is 12.8 Å². The van der Waals surface area contributed by atoms with Crippen LogP contribution in [0.5, 0.6) is 0 Å². The first-order valence-corrected chi connectivity index (χ1v) is 9.06. The van der Waals surface area contributed by atoms with Gasteiger partial charge in [-0.15, -0.1) is 11.3 Å². The predicted octanol–water partition coefficient (Wildman–Crippen LogP) is 4.68. The molecule has 1 aliphatic rings. The number of rotatable bonds is 4. The second-order valence-electron chi connectivity index (χ2n) is 5.80. The highest BCUT2D eigenvalue weighted by molar-refractivity contribution is 7.14. The van der Waals surface area contributed by atoms with Gasteiger partial charge in [0.05, 0.1) is 11.1 Å². The molecule has 3 rings (SSSR count). The van der Waals surface area contributed by atoms with Gasteiger partial charge in [-0.25, -0.2) is 5.43 Å². The summed E-state index contributed by atoms with van der Waals surface area (Å²) < 4.78 is 0. The van der Waals surface area contributed by atoms with E-state index in [4.69, 9.17) is 11.6 Å². The minimum Gasteiger partial charge on any atom is -0.266 e. The second-order valence-corrected chi connectivity index (χ2v) is 7.34. The molecule has 1 heterocycles. The van der Waals surface area contributed by atoms with Crippen molar-refractivity contribution in [3.8, 4) is 0 Å². The molecule has 1 amide bonds. The monoisotopic (exact) mass is 346 g/mol. The van der Waals surface area contributed by atoms with Crippen LogP contribution in [0, 0.1) is 5.92 Å². The average Bonchev–Trinajstić information content (AvgIpc) is 2.99. The summed E-state index contributed by atoms with van der Waals surface area (Å²) >= 11 is 7.64. The van der Waals surface area contributed by atoms with Crippen molar-refractivity contribution in [2.45, 2.75) is 32.6 Å². The van der Waals surface area contributed by atoms with Crippen LogP contribution in [0.3, 0.4) is 0 Å². The molecule has 0 aliphatic heterocycles. The molecule has 5 heteroatoms. The average molecular weight is 347 g/mol. The smallest absolute Gasteiger partial charge is 0.266 e. The molecule has 1 atom stereocenters. The molecule has 0 radical (unpaired) electrons. The Morgan fingerprint density at radius 3 is 3.09 bits per heavy atom. The maximum absolute atomic E-state index is 12.2. The van der Waals surface area contributed by atoms with Crippen LogP contribution < -0.4 is 5.43 Å². The van der Waals surface area contributed by atoms with Crippen molar-refractivity contribution in [2.24, 2.45) is 11.0 Å². The van der Waals surface area contributed by atoms with E-state index in [9.17, 15) is 4.79 Å². The molecule has 1 N–H and O–H groups in total. The van der Waals surface area contributed by atoms with Crippen LogP contribution in [0.15, 0.2) is 35.4 Å². The van der Waals surface area contributed by atoms with Gasteiger partial charge in [0.25, 0.3) is 5.91 Å². The summed E-state index contributed by atoms with van der Waals surface area (Å²) in [5.41, 5.74) is 4.72. The summed E-state index contributed by atoms with van der Waals surface area (Å²) in [6, 6.07) is 9.42. The Bertz CT molecular complexity index is 738. The third kappa shape index (κ3) is 3.82. The van der Waals surface area contributed by atoms with E-state index in [1.807, 2.05) is 24.3 Å². The van der Waals surface area contributed by atoms with Gasteiger partial charge < -0.3 is 0 Å². The summed E-state index contributed by atoms with van der Waals surface area (Å²) in [5, 5.41) is 4.63. The molecule has 1 aromatic carbocycles. The zero-order chi connectivity index (χ0) is 16.2. The largest absolute Gasteiger partial charge is 0.281 e. The van der Waals surface area contributed by atoms with E-state index in [-0.39, 0.29) is 5.91 Å². The van der Waals surface area contributed by atoms with Gasteiger partial charge in [0, 0.05) is 15.5 Å². The highest BCUT2D eigenvalue weighted by atomic mass is 35.5. The topological polar surface area (TPSA) is 41.5 Å². The summed E-state index contributed by atoms with van der Waals surface area (Å²) in [4.78, 5) is 14.3. The Hall–Kier alpha value is -1.65. The third-order valence-electron chi connectivity index (χ3n) is 4.26. The van der Waals surface area contributed by atoms with E-state index in [0.29, 0.717) is 5.02 Å². The van der Waals surface area contributed by atoms with E-state index in [0.717, 1.165) is 29.2 Å². The van der Waals surface area contributed by atoms with Gasteiger partial charge in [0.15, 0.2) is 0 Å². The van der Waals surface area contributed by atoms with Gasteiger partial charge in [0.1, 0.15) is 0 Å². The minimum atomic E-state index is -0.152. The predicted molar refractivity (Wildman–Crippen MR) is 96.6 cm³/mol. The molecule has 0 spiro atoms. The standard InChI is InChI=1S/C18H19ClN2OS/c1-2-12-7-8-16-14(9-12)10-17(23-16)18(22)21-20-11-13-5-3-4-6-15(13)19/h3-6,10-12H,2,7-9H2,1H3,(H,21,22)/b20-11-/t12-/m0/s1. The van der Waals surface area contributed by atoms with Gasteiger partial charge in [-0.05, 0) is 42.9 Å². The lowest BCUT2D eigenvalue weighted by molar-refractivity contribution is 0.0959. The molecule has 0 fully saturated rings. The SMILES string of the molecule is CC[C@H]1CCc2sc(C(=O)N/N=C\c3ccccc3Cl)cc2C1. The summed E-state index contributed by atoms with van der Waals surface area (Å²) in [6.45, 7) is 2.24. The van der Waals surface area contributed by atoms with Crippen LogP contribution in [0.2, 0.25) is 5.02 Å². The van der Waals surface area contributed by atoms with E-state index < -0.39 is 0 Å². The molecule has 23 heavy (non-hydrogen) atoms. The fourth-order valence-corrected chi connectivity index (χ4v) is 4.14. The lowest BCUT2D eigenvalue weighted by Crippen LogP contribution is -2.16. The van der Waals surface area contributed by atoms with Crippen molar-refractivity contribution in [2.75, 3.05) is 0 Å². The zero-order valence-electron chi connectivity index (χ0n) is 13.0. The summed E-state index contributed by atoms with van der Waals surface area (Å²) in [7, 11) is 0. The van der Waals surface area contributed by atoms with Gasteiger partial charge in [-0.3, -0.25) is 4.79 Å². The number of hydrogen-bond donors (Lipinski definition) is 1. The first kappa shape index (κ1) is 16.2. The molecule has 0 saturated heterocycles. The number of benzene rings is 1.